The van der Waals surface area contributed by atoms with Crippen molar-refractivity contribution in [2.24, 2.45) is 0 Å². The van der Waals surface area contributed by atoms with Gasteiger partial charge in [0.1, 0.15) is 5.75 Å². The Labute approximate surface area is 138 Å². The number of fused-ring (bicyclic) bond motifs is 1. The van der Waals surface area contributed by atoms with E-state index < -0.39 is 10.0 Å². The summed E-state index contributed by atoms with van der Waals surface area (Å²) in [4.78, 5) is 0.284. The molecule has 0 saturated carbocycles. The van der Waals surface area contributed by atoms with Crippen molar-refractivity contribution < 1.29 is 13.2 Å². The standard InChI is InChI=1S/C16H16BrNO3S/c1-2-21-14-4-6-15(7-5-14)22(19,20)18-10-9-12-11-13(17)3-8-16(12)18/h3-8,11H,2,9-10H2,1H3. The van der Waals surface area contributed by atoms with Crippen LogP contribution < -0.4 is 9.04 Å². The van der Waals surface area contributed by atoms with Crippen LogP contribution in [0.5, 0.6) is 5.75 Å². The lowest BCUT2D eigenvalue weighted by Gasteiger charge is -2.19. The SMILES string of the molecule is CCOc1ccc(S(=O)(=O)N2CCc3cc(Br)ccc32)cc1. The van der Waals surface area contributed by atoms with Gasteiger partial charge in [0.15, 0.2) is 0 Å². The minimum absolute atomic E-state index is 0.284. The molecule has 0 unspecified atom stereocenters. The highest BCUT2D eigenvalue weighted by Gasteiger charge is 2.30. The molecule has 0 bridgehead atoms. The van der Waals surface area contributed by atoms with E-state index in [1.807, 2.05) is 25.1 Å². The molecule has 0 radical (unpaired) electrons. The molecule has 0 saturated heterocycles. The molecular formula is C16H16BrNO3S. The fourth-order valence-electron chi connectivity index (χ4n) is 2.59. The Balaban J connectivity index is 1.95. The second kappa shape index (κ2) is 5.93. The summed E-state index contributed by atoms with van der Waals surface area (Å²) >= 11 is 3.42. The normalized spacial score (nSPS) is 14.0. The number of sulfonamides is 1. The van der Waals surface area contributed by atoms with E-state index in [-0.39, 0.29) is 4.90 Å². The Kier molecular flexibility index (Phi) is 4.14. The molecule has 1 heterocycles. The van der Waals surface area contributed by atoms with Crippen molar-refractivity contribution in [1.29, 1.82) is 0 Å². The lowest BCUT2D eigenvalue weighted by molar-refractivity contribution is 0.340. The highest BCUT2D eigenvalue weighted by atomic mass is 79.9. The van der Waals surface area contributed by atoms with Gasteiger partial charge in [0.2, 0.25) is 0 Å². The van der Waals surface area contributed by atoms with Crippen LogP contribution >= 0.6 is 15.9 Å². The molecule has 6 heteroatoms. The first kappa shape index (κ1) is 15.4. The van der Waals surface area contributed by atoms with Crippen molar-refractivity contribution in [3.05, 3.63) is 52.5 Å². The van der Waals surface area contributed by atoms with Crippen LogP contribution in [-0.4, -0.2) is 21.6 Å². The molecule has 0 fully saturated rings. The summed E-state index contributed by atoms with van der Waals surface area (Å²) in [5.74, 6) is 0.673. The van der Waals surface area contributed by atoms with Crippen LogP contribution in [0.3, 0.4) is 0 Å². The number of hydrogen-bond donors (Lipinski definition) is 0. The summed E-state index contributed by atoms with van der Waals surface area (Å²) in [5.41, 5.74) is 1.81. The molecule has 3 rings (SSSR count). The Hall–Kier alpha value is -1.53. The molecule has 0 spiro atoms. The van der Waals surface area contributed by atoms with Gasteiger partial charge in [0.05, 0.1) is 17.2 Å². The zero-order chi connectivity index (χ0) is 15.7. The first-order valence-electron chi connectivity index (χ1n) is 7.06. The number of anilines is 1. The Morgan fingerprint density at radius 3 is 2.59 bits per heavy atom. The molecule has 116 valence electrons. The predicted molar refractivity (Wildman–Crippen MR) is 90.0 cm³/mol. The van der Waals surface area contributed by atoms with Crippen molar-refractivity contribution in [2.75, 3.05) is 17.5 Å². The summed E-state index contributed by atoms with van der Waals surface area (Å²) in [6.07, 6.45) is 0.727. The maximum Gasteiger partial charge on any atom is 0.264 e. The Morgan fingerprint density at radius 1 is 1.18 bits per heavy atom. The van der Waals surface area contributed by atoms with Crippen molar-refractivity contribution in [1.82, 2.24) is 0 Å². The number of benzene rings is 2. The first-order chi connectivity index (χ1) is 10.5. The van der Waals surface area contributed by atoms with Crippen LogP contribution in [0.2, 0.25) is 0 Å². The van der Waals surface area contributed by atoms with Crippen molar-refractivity contribution >= 4 is 31.6 Å². The van der Waals surface area contributed by atoms with Gasteiger partial charge in [-0.05, 0) is 61.4 Å². The van der Waals surface area contributed by atoms with Crippen molar-refractivity contribution in [3.8, 4) is 5.75 Å². The molecule has 0 atom stereocenters. The number of ether oxygens (including phenoxy) is 1. The molecule has 0 aliphatic carbocycles. The third kappa shape index (κ3) is 2.73. The summed E-state index contributed by atoms with van der Waals surface area (Å²) in [6.45, 7) is 2.92. The second-order valence-electron chi connectivity index (χ2n) is 5.00. The maximum absolute atomic E-state index is 12.8. The zero-order valence-corrected chi connectivity index (χ0v) is 14.5. The highest BCUT2D eigenvalue weighted by Crippen LogP contribution is 2.34. The number of halogens is 1. The molecule has 1 aliphatic heterocycles. The summed E-state index contributed by atoms with van der Waals surface area (Å²) in [5, 5.41) is 0. The van der Waals surface area contributed by atoms with Gasteiger partial charge < -0.3 is 4.74 Å². The second-order valence-corrected chi connectivity index (χ2v) is 7.78. The zero-order valence-electron chi connectivity index (χ0n) is 12.1. The molecule has 4 nitrogen and oxygen atoms in total. The van der Waals surface area contributed by atoms with E-state index in [4.69, 9.17) is 4.74 Å². The lowest BCUT2D eigenvalue weighted by atomic mass is 10.2. The van der Waals surface area contributed by atoms with Crippen LogP contribution in [0.25, 0.3) is 0 Å². The summed E-state index contributed by atoms with van der Waals surface area (Å²) in [7, 11) is -3.53. The maximum atomic E-state index is 12.8. The highest BCUT2D eigenvalue weighted by molar-refractivity contribution is 9.10. The van der Waals surface area contributed by atoms with Crippen LogP contribution in [0.1, 0.15) is 12.5 Å². The predicted octanol–water partition coefficient (Wildman–Crippen LogP) is 3.60. The van der Waals surface area contributed by atoms with Gasteiger partial charge >= 0.3 is 0 Å². The molecule has 22 heavy (non-hydrogen) atoms. The van der Waals surface area contributed by atoms with Gasteiger partial charge in [-0.1, -0.05) is 15.9 Å². The average molecular weight is 382 g/mol. The molecule has 1 aliphatic rings. The average Bonchev–Trinajstić information content (AvgIpc) is 2.92. The van der Waals surface area contributed by atoms with Crippen molar-refractivity contribution in [3.63, 3.8) is 0 Å². The fraction of sp³-hybridized carbons (Fsp3) is 0.250. The third-order valence-electron chi connectivity index (χ3n) is 3.62. The molecule has 2 aromatic carbocycles. The third-order valence-corrected chi connectivity index (χ3v) is 5.94. The molecule has 2 aromatic rings. The Morgan fingerprint density at radius 2 is 1.91 bits per heavy atom. The summed E-state index contributed by atoms with van der Waals surface area (Å²) in [6, 6.07) is 12.3. The van der Waals surface area contributed by atoms with Gasteiger partial charge in [-0.2, -0.15) is 0 Å². The van der Waals surface area contributed by atoms with Gasteiger partial charge in [0.25, 0.3) is 10.0 Å². The minimum atomic E-state index is -3.53. The van der Waals surface area contributed by atoms with E-state index in [0.29, 0.717) is 18.9 Å². The van der Waals surface area contributed by atoms with Crippen molar-refractivity contribution in [2.45, 2.75) is 18.2 Å². The van der Waals surface area contributed by atoms with E-state index in [9.17, 15) is 8.42 Å². The number of rotatable bonds is 4. The van der Waals surface area contributed by atoms with E-state index in [0.717, 1.165) is 22.1 Å². The summed E-state index contributed by atoms with van der Waals surface area (Å²) < 4.78 is 33.4. The first-order valence-corrected chi connectivity index (χ1v) is 9.29. The quantitative estimate of drug-likeness (QED) is 0.812. The van der Waals surface area contributed by atoms with Crippen LogP contribution in [0.4, 0.5) is 5.69 Å². The topological polar surface area (TPSA) is 46.6 Å². The van der Waals surface area contributed by atoms with Gasteiger partial charge in [-0.25, -0.2) is 8.42 Å². The molecule has 0 aromatic heterocycles. The molecule has 0 N–H and O–H groups in total. The molecular weight excluding hydrogens is 366 g/mol. The van der Waals surface area contributed by atoms with Crippen LogP contribution in [0, 0.1) is 0 Å². The minimum Gasteiger partial charge on any atom is -0.494 e. The van der Waals surface area contributed by atoms with Gasteiger partial charge in [0, 0.05) is 11.0 Å². The van der Waals surface area contributed by atoms with Gasteiger partial charge in [-0.3, -0.25) is 4.31 Å². The largest absolute Gasteiger partial charge is 0.494 e. The van der Waals surface area contributed by atoms with E-state index in [1.165, 1.54) is 4.31 Å². The molecule has 0 amide bonds. The van der Waals surface area contributed by atoms with E-state index >= 15 is 0 Å². The van der Waals surface area contributed by atoms with E-state index in [1.54, 1.807) is 24.3 Å². The fourth-order valence-corrected chi connectivity index (χ4v) is 4.50. The lowest BCUT2D eigenvalue weighted by Crippen LogP contribution is -2.29. The van der Waals surface area contributed by atoms with E-state index in [2.05, 4.69) is 15.9 Å². The van der Waals surface area contributed by atoms with Crippen LogP contribution in [-0.2, 0) is 16.4 Å². The monoisotopic (exact) mass is 381 g/mol. The number of hydrogen-bond acceptors (Lipinski definition) is 3. The van der Waals surface area contributed by atoms with Crippen LogP contribution in [0.15, 0.2) is 51.8 Å². The number of nitrogens with zero attached hydrogens (tertiary/aromatic N) is 1. The Bertz CT molecular complexity index is 788. The van der Waals surface area contributed by atoms with Gasteiger partial charge in [-0.15, -0.1) is 0 Å². The smallest absolute Gasteiger partial charge is 0.264 e.